The maximum atomic E-state index is 12.1. The number of hydrogen-bond acceptors (Lipinski definition) is 4. The number of urea groups is 1. The van der Waals surface area contributed by atoms with Crippen LogP contribution in [0.3, 0.4) is 0 Å². The van der Waals surface area contributed by atoms with Crippen molar-refractivity contribution >= 4 is 34.9 Å². The molecule has 6 nitrogen and oxygen atoms in total. The van der Waals surface area contributed by atoms with E-state index in [4.69, 9.17) is 11.6 Å². The Hall–Kier alpha value is -1.79. The second-order valence-electron chi connectivity index (χ2n) is 8.18. The Labute approximate surface area is 171 Å². The van der Waals surface area contributed by atoms with Crippen LogP contribution < -0.4 is 15.1 Å². The molecule has 4 rings (SSSR count). The van der Waals surface area contributed by atoms with Crippen LogP contribution >= 0.6 is 11.6 Å². The fraction of sp³-hybridized carbons (Fsp3) is 0.619. The second-order valence-corrected chi connectivity index (χ2v) is 8.59. The molecule has 3 fully saturated rings. The molecule has 1 aromatic rings. The molecule has 1 aromatic carbocycles. The highest BCUT2D eigenvalue weighted by molar-refractivity contribution is 6.34. The topological polar surface area (TPSA) is 55.9 Å². The number of imide groups is 1. The Bertz CT molecular complexity index is 727. The van der Waals surface area contributed by atoms with E-state index in [9.17, 15) is 9.59 Å². The third-order valence-corrected chi connectivity index (χ3v) is 6.56. The number of hydrogen-bond donors (Lipinski definition) is 1. The third kappa shape index (κ3) is 4.44. The second kappa shape index (κ2) is 8.70. The van der Waals surface area contributed by atoms with Crippen molar-refractivity contribution in [1.29, 1.82) is 0 Å². The highest BCUT2D eigenvalue weighted by atomic mass is 35.5. The molecule has 3 aliphatic rings. The van der Waals surface area contributed by atoms with Crippen molar-refractivity contribution < 1.29 is 9.59 Å². The fourth-order valence-electron chi connectivity index (χ4n) is 4.63. The van der Waals surface area contributed by atoms with Gasteiger partial charge in [-0.1, -0.05) is 30.9 Å². The normalized spacial score (nSPS) is 22.5. The predicted octanol–water partition coefficient (Wildman–Crippen LogP) is 3.49. The lowest BCUT2D eigenvalue weighted by atomic mass is 9.89. The first kappa shape index (κ1) is 19.5. The average Bonchev–Trinajstić information content (AvgIpc) is 2.70. The van der Waals surface area contributed by atoms with Crippen LogP contribution in [-0.4, -0.2) is 56.1 Å². The largest absolute Gasteiger partial charge is 0.369 e. The molecule has 3 amide bonds. The summed E-state index contributed by atoms with van der Waals surface area (Å²) in [5, 5.41) is 2.89. The highest BCUT2D eigenvalue weighted by Crippen LogP contribution is 2.32. The SMILES string of the molecule is O=C1CCN(c2ccc(N3CCN(CC4CCCCC4)CC3)cc2Cl)C(=O)N1. The first-order chi connectivity index (χ1) is 13.6. The van der Waals surface area contributed by atoms with Crippen molar-refractivity contribution in [3.05, 3.63) is 23.2 Å². The van der Waals surface area contributed by atoms with Gasteiger partial charge in [0, 0.05) is 51.4 Å². The molecular formula is C21H29ClN4O2. The van der Waals surface area contributed by atoms with Gasteiger partial charge in [0.15, 0.2) is 0 Å². The van der Waals surface area contributed by atoms with Gasteiger partial charge in [-0.3, -0.25) is 19.9 Å². The minimum absolute atomic E-state index is 0.236. The third-order valence-electron chi connectivity index (χ3n) is 6.25. The van der Waals surface area contributed by atoms with E-state index in [-0.39, 0.29) is 5.91 Å². The van der Waals surface area contributed by atoms with Gasteiger partial charge in [-0.2, -0.15) is 0 Å². The van der Waals surface area contributed by atoms with Crippen molar-refractivity contribution in [3.63, 3.8) is 0 Å². The molecular weight excluding hydrogens is 376 g/mol. The zero-order valence-corrected chi connectivity index (χ0v) is 17.1. The molecule has 1 saturated carbocycles. The molecule has 152 valence electrons. The van der Waals surface area contributed by atoms with Crippen molar-refractivity contribution in [2.24, 2.45) is 5.92 Å². The lowest BCUT2D eigenvalue weighted by Gasteiger charge is -2.38. The molecule has 7 heteroatoms. The summed E-state index contributed by atoms with van der Waals surface area (Å²) in [6, 6.07) is 5.46. The van der Waals surface area contributed by atoms with E-state index >= 15 is 0 Å². The summed E-state index contributed by atoms with van der Waals surface area (Å²) in [5.41, 5.74) is 1.76. The summed E-state index contributed by atoms with van der Waals surface area (Å²) < 4.78 is 0. The Balaban J connectivity index is 1.34. The molecule has 2 aliphatic heterocycles. The first-order valence-corrected chi connectivity index (χ1v) is 10.9. The Morgan fingerprint density at radius 2 is 1.75 bits per heavy atom. The zero-order chi connectivity index (χ0) is 19.5. The monoisotopic (exact) mass is 404 g/mol. The lowest BCUT2D eigenvalue weighted by Crippen LogP contribution is -2.49. The molecule has 28 heavy (non-hydrogen) atoms. The van der Waals surface area contributed by atoms with E-state index in [1.165, 1.54) is 43.5 Å². The van der Waals surface area contributed by atoms with Gasteiger partial charge in [-0.15, -0.1) is 0 Å². The minimum Gasteiger partial charge on any atom is -0.369 e. The molecule has 0 unspecified atom stereocenters. The molecule has 0 aromatic heterocycles. The molecule has 2 heterocycles. The van der Waals surface area contributed by atoms with E-state index in [2.05, 4.69) is 15.1 Å². The number of nitrogens with zero attached hydrogens (tertiary/aromatic N) is 3. The fourth-order valence-corrected chi connectivity index (χ4v) is 4.91. The summed E-state index contributed by atoms with van der Waals surface area (Å²) in [6.45, 7) is 5.79. The average molecular weight is 405 g/mol. The van der Waals surface area contributed by atoms with Crippen molar-refractivity contribution in [2.45, 2.75) is 38.5 Å². The molecule has 1 aliphatic carbocycles. The Morgan fingerprint density at radius 3 is 2.43 bits per heavy atom. The van der Waals surface area contributed by atoms with Crippen molar-refractivity contribution in [1.82, 2.24) is 10.2 Å². The van der Waals surface area contributed by atoms with Crippen LogP contribution in [0.5, 0.6) is 0 Å². The summed E-state index contributed by atoms with van der Waals surface area (Å²) in [7, 11) is 0. The molecule has 1 N–H and O–H groups in total. The summed E-state index contributed by atoms with van der Waals surface area (Å²) in [5.74, 6) is 0.650. The van der Waals surface area contributed by atoms with E-state index in [1.54, 1.807) is 0 Å². The number of carbonyl (C=O) groups is 2. The van der Waals surface area contributed by atoms with Gasteiger partial charge in [0.1, 0.15) is 0 Å². The van der Waals surface area contributed by atoms with Gasteiger partial charge in [-0.05, 0) is 37.0 Å². The van der Waals surface area contributed by atoms with Gasteiger partial charge in [0.2, 0.25) is 5.91 Å². The number of amides is 3. The standard InChI is InChI=1S/C21H29ClN4O2/c22-18-14-17(6-7-19(18)26-9-8-20(27)23-21(26)28)25-12-10-24(11-13-25)15-16-4-2-1-3-5-16/h6-7,14,16H,1-5,8-13,15H2,(H,23,27,28). The van der Waals surface area contributed by atoms with E-state index in [0.29, 0.717) is 23.7 Å². The van der Waals surface area contributed by atoms with Crippen LogP contribution in [0, 0.1) is 5.92 Å². The summed E-state index contributed by atoms with van der Waals surface area (Å²) >= 11 is 6.50. The van der Waals surface area contributed by atoms with Crippen LogP contribution in [0.15, 0.2) is 18.2 Å². The van der Waals surface area contributed by atoms with Gasteiger partial charge in [0.25, 0.3) is 0 Å². The summed E-state index contributed by atoms with van der Waals surface area (Å²) in [4.78, 5) is 29.9. The lowest BCUT2D eigenvalue weighted by molar-refractivity contribution is -0.120. The number of rotatable bonds is 4. The van der Waals surface area contributed by atoms with Gasteiger partial charge >= 0.3 is 6.03 Å². The molecule has 2 saturated heterocycles. The van der Waals surface area contributed by atoms with E-state index in [1.807, 2.05) is 18.2 Å². The molecule has 0 bridgehead atoms. The quantitative estimate of drug-likeness (QED) is 0.834. The van der Waals surface area contributed by atoms with E-state index < -0.39 is 6.03 Å². The molecule has 0 atom stereocenters. The number of halogens is 1. The number of benzene rings is 1. The first-order valence-electron chi connectivity index (χ1n) is 10.5. The van der Waals surface area contributed by atoms with Crippen molar-refractivity contribution in [3.8, 4) is 0 Å². The molecule has 0 radical (unpaired) electrons. The van der Waals surface area contributed by atoms with Crippen LogP contribution in [0.1, 0.15) is 38.5 Å². The predicted molar refractivity (Wildman–Crippen MR) is 112 cm³/mol. The van der Waals surface area contributed by atoms with Gasteiger partial charge in [0.05, 0.1) is 10.7 Å². The number of carbonyl (C=O) groups excluding carboxylic acids is 2. The van der Waals surface area contributed by atoms with E-state index in [0.717, 1.165) is 37.8 Å². The van der Waals surface area contributed by atoms with Crippen LogP contribution in [0.25, 0.3) is 0 Å². The van der Waals surface area contributed by atoms with Crippen LogP contribution in [0.4, 0.5) is 16.2 Å². The number of piperazine rings is 1. The van der Waals surface area contributed by atoms with Crippen LogP contribution in [-0.2, 0) is 4.79 Å². The highest BCUT2D eigenvalue weighted by Gasteiger charge is 2.27. The number of nitrogens with one attached hydrogen (secondary N) is 1. The van der Waals surface area contributed by atoms with Gasteiger partial charge in [-0.25, -0.2) is 4.79 Å². The van der Waals surface area contributed by atoms with Gasteiger partial charge < -0.3 is 4.90 Å². The molecule has 0 spiro atoms. The smallest absolute Gasteiger partial charge is 0.328 e. The van der Waals surface area contributed by atoms with Crippen LogP contribution in [0.2, 0.25) is 5.02 Å². The Kier molecular flexibility index (Phi) is 6.07. The minimum atomic E-state index is -0.401. The number of anilines is 2. The maximum Gasteiger partial charge on any atom is 0.328 e. The summed E-state index contributed by atoms with van der Waals surface area (Å²) in [6.07, 6.45) is 7.31. The van der Waals surface area contributed by atoms with Crippen molar-refractivity contribution in [2.75, 3.05) is 49.1 Å². The zero-order valence-electron chi connectivity index (χ0n) is 16.3. The maximum absolute atomic E-state index is 12.1. The Morgan fingerprint density at radius 1 is 1.00 bits per heavy atom.